The van der Waals surface area contributed by atoms with E-state index in [1.165, 1.54) is 6.07 Å². The Morgan fingerprint density at radius 1 is 1.16 bits per heavy atom. The second-order valence-corrected chi connectivity index (χ2v) is 5.72. The summed E-state index contributed by atoms with van der Waals surface area (Å²) in [6.07, 6.45) is -3.35. The first-order chi connectivity index (χ1) is 11.8. The number of carbonyl (C=O) groups is 1. The van der Waals surface area contributed by atoms with Crippen LogP contribution in [0, 0.1) is 5.82 Å². The lowest BCUT2D eigenvalue weighted by molar-refractivity contribution is -0.156. The molecule has 25 heavy (non-hydrogen) atoms. The lowest BCUT2D eigenvalue weighted by atomic mass is 10.1. The summed E-state index contributed by atoms with van der Waals surface area (Å²) in [7, 11) is 0. The molecule has 1 aliphatic heterocycles. The van der Waals surface area contributed by atoms with Crippen LogP contribution in [0.2, 0.25) is 0 Å². The molecule has 0 radical (unpaired) electrons. The highest BCUT2D eigenvalue weighted by Crippen LogP contribution is 2.33. The maximum atomic E-state index is 13.4. The number of anilines is 1. The summed E-state index contributed by atoms with van der Waals surface area (Å²) in [4.78, 5) is 16.2. The van der Waals surface area contributed by atoms with Gasteiger partial charge in [0, 0.05) is 12.1 Å². The van der Waals surface area contributed by atoms with E-state index in [4.69, 9.17) is 0 Å². The summed E-state index contributed by atoms with van der Waals surface area (Å²) in [5, 5.41) is 5.02. The highest BCUT2D eigenvalue weighted by Gasteiger charge is 2.43. The van der Waals surface area contributed by atoms with Crippen molar-refractivity contribution >= 4 is 11.6 Å². The molecule has 4 nitrogen and oxygen atoms in total. The zero-order chi connectivity index (χ0) is 18.0. The van der Waals surface area contributed by atoms with Crippen molar-refractivity contribution < 1.29 is 22.4 Å². The minimum absolute atomic E-state index is 0.0599. The highest BCUT2D eigenvalue weighted by molar-refractivity contribution is 5.94. The van der Waals surface area contributed by atoms with Crippen molar-refractivity contribution in [3.8, 4) is 0 Å². The number of amides is 1. The third-order valence-electron chi connectivity index (χ3n) is 3.91. The van der Waals surface area contributed by atoms with E-state index in [0.717, 1.165) is 37.2 Å². The molecule has 0 spiro atoms. The van der Waals surface area contributed by atoms with E-state index in [1.807, 2.05) is 5.32 Å². The van der Waals surface area contributed by atoms with Gasteiger partial charge in [-0.1, -0.05) is 0 Å². The molecule has 0 bridgehead atoms. The fourth-order valence-corrected chi connectivity index (χ4v) is 2.65. The Kier molecular flexibility index (Phi) is 4.61. The standard InChI is InChI=1S/C17H15F4N3O/c18-11-5-3-10(4-6-11)16(25)24-15(17(19,20)21)14-8-7-12-13(23-14)2-1-9-22-12/h3-8,15,22H,1-2,9H2,(H,24,25)/t15-/m1/s1. The van der Waals surface area contributed by atoms with Gasteiger partial charge >= 0.3 is 6.18 Å². The number of hydrogen-bond acceptors (Lipinski definition) is 3. The van der Waals surface area contributed by atoms with Gasteiger partial charge in [0.1, 0.15) is 5.82 Å². The molecule has 1 aromatic carbocycles. The third kappa shape index (κ3) is 3.89. The first-order valence-electron chi connectivity index (χ1n) is 7.71. The molecule has 0 aliphatic carbocycles. The topological polar surface area (TPSA) is 54.0 Å². The monoisotopic (exact) mass is 353 g/mol. The third-order valence-corrected chi connectivity index (χ3v) is 3.91. The maximum Gasteiger partial charge on any atom is 0.414 e. The predicted molar refractivity (Wildman–Crippen MR) is 83.7 cm³/mol. The van der Waals surface area contributed by atoms with Crippen molar-refractivity contribution in [3.05, 3.63) is 59.2 Å². The second kappa shape index (κ2) is 6.70. The number of aromatic nitrogens is 1. The van der Waals surface area contributed by atoms with Gasteiger partial charge in [-0.15, -0.1) is 0 Å². The lowest BCUT2D eigenvalue weighted by Gasteiger charge is -2.24. The van der Waals surface area contributed by atoms with Gasteiger partial charge in [-0.25, -0.2) is 4.39 Å². The first kappa shape index (κ1) is 17.2. The molecule has 2 N–H and O–H groups in total. The molecular weight excluding hydrogens is 338 g/mol. The van der Waals surface area contributed by atoms with Gasteiger partial charge in [-0.05, 0) is 49.2 Å². The molecule has 1 aliphatic rings. The van der Waals surface area contributed by atoms with Crippen LogP contribution in [0.1, 0.15) is 34.2 Å². The number of hydrogen-bond donors (Lipinski definition) is 2. The Labute approximate surface area is 141 Å². The largest absolute Gasteiger partial charge is 0.414 e. The molecule has 8 heteroatoms. The number of pyridine rings is 1. The van der Waals surface area contributed by atoms with E-state index in [1.54, 1.807) is 6.07 Å². The molecular formula is C17H15F4N3O. The molecule has 1 aromatic heterocycles. The normalized spacial score (nSPS) is 15.0. The molecule has 0 fully saturated rings. The summed E-state index contributed by atoms with van der Waals surface area (Å²) < 4.78 is 53.2. The number of rotatable bonds is 3. The fraction of sp³-hybridized carbons (Fsp3) is 0.294. The van der Waals surface area contributed by atoms with Crippen LogP contribution in [-0.4, -0.2) is 23.6 Å². The minimum Gasteiger partial charge on any atom is -0.384 e. The van der Waals surface area contributed by atoms with Crippen LogP contribution in [0.3, 0.4) is 0 Å². The number of nitrogens with one attached hydrogen (secondary N) is 2. The van der Waals surface area contributed by atoms with Crippen molar-refractivity contribution in [2.45, 2.75) is 25.1 Å². The number of benzene rings is 1. The molecule has 3 rings (SSSR count). The van der Waals surface area contributed by atoms with E-state index >= 15 is 0 Å². The summed E-state index contributed by atoms with van der Waals surface area (Å²) in [5.74, 6) is -1.52. The van der Waals surface area contributed by atoms with Gasteiger partial charge in [0.05, 0.1) is 17.1 Å². The molecule has 0 unspecified atom stereocenters. The molecule has 132 valence electrons. The second-order valence-electron chi connectivity index (χ2n) is 5.72. The SMILES string of the molecule is O=C(N[C@H](c1ccc2c(n1)CCCN2)C(F)(F)F)c1ccc(F)cc1. The summed E-state index contributed by atoms with van der Waals surface area (Å²) in [6.45, 7) is 0.748. The average molecular weight is 353 g/mol. The predicted octanol–water partition coefficient (Wildman–Crippen LogP) is 3.61. The fourth-order valence-electron chi connectivity index (χ4n) is 2.65. The Balaban J connectivity index is 1.87. The Hall–Kier alpha value is -2.64. The van der Waals surface area contributed by atoms with Crippen molar-refractivity contribution in [1.82, 2.24) is 10.3 Å². The molecule has 2 heterocycles. The van der Waals surface area contributed by atoms with Crippen molar-refractivity contribution in [1.29, 1.82) is 0 Å². The lowest BCUT2D eigenvalue weighted by Crippen LogP contribution is -2.39. The number of halogens is 4. The van der Waals surface area contributed by atoms with Gasteiger partial charge in [0.15, 0.2) is 6.04 Å². The van der Waals surface area contributed by atoms with E-state index in [0.29, 0.717) is 17.8 Å². The molecule has 2 aromatic rings. The molecule has 1 amide bonds. The Morgan fingerprint density at radius 2 is 1.88 bits per heavy atom. The summed E-state index contributed by atoms with van der Waals surface area (Å²) in [5.41, 5.74) is 0.926. The van der Waals surface area contributed by atoms with E-state index in [-0.39, 0.29) is 11.3 Å². The Bertz CT molecular complexity index is 774. The van der Waals surface area contributed by atoms with Gasteiger partial charge in [-0.3, -0.25) is 9.78 Å². The number of alkyl halides is 3. The number of carbonyl (C=O) groups excluding carboxylic acids is 1. The van der Waals surface area contributed by atoms with Gasteiger partial charge < -0.3 is 10.6 Å². The maximum absolute atomic E-state index is 13.4. The molecule has 1 atom stereocenters. The van der Waals surface area contributed by atoms with E-state index < -0.39 is 23.9 Å². The zero-order valence-corrected chi connectivity index (χ0v) is 13.0. The van der Waals surface area contributed by atoms with Crippen molar-refractivity contribution in [3.63, 3.8) is 0 Å². The van der Waals surface area contributed by atoms with Crippen molar-refractivity contribution in [2.75, 3.05) is 11.9 Å². The van der Waals surface area contributed by atoms with Crippen LogP contribution >= 0.6 is 0 Å². The van der Waals surface area contributed by atoms with Crippen LogP contribution in [0.5, 0.6) is 0 Å². The van der Waals surface area contributed by atoms with E-state index in [9.17, 15) is 22.4 Å². The molecule has 0 saturated heterocycles. The van der Waals surface area contributed by atoms with Crippen LogP contribution in [0.25, 0.3) is 0 Å². The summed E-state index contributed by atoms with van der Waals surface area (Å²) in [6, 6.07) is 4.84. The molecule has 0 saturated carbocycles. The number of aryl methyl sites for hydroxylation is 1. The number of nitrogens with zero attached hydrogens (tertiary/aromatic N) is 1. The van der Waals surface area contributed by atoms with Crippen molar-refractivity contribution in [2.24, 2.45) is 0 Å². The number of fused-ring (bicyclic) bond motifs is 1. The first-order valence-corrected chi connectivity index (χ1v) is 7.71. The van der Waals surface area contributed by atoms with Gasteiger partial charge in [0.2, 0.25) is 0 Å². The van der Waals surface area contributed by atoms with Crippen LogP contribution in [0.4, 0.5) is 23.2 Å². The van der Waals surface area contributed by atoms with Crippen LogP contribution in [0.15, 0.2) is 36.4 Å². The smallest absolute Gasteiger partial charge is 0.384 e. The summed E-state index contributed by atoms with van der Waals surface area (Å²) >= 11 is 0. The quantitative estimate of drug-likeness (QED) is 0.829. The van der Waals surface area contributed by atoms with Crippen LogP contribution < -0.4 is 10.6 Å². The minimum atomic E-state index is -4.71. The van der Waals surface area contributed by atoms with Gasteiger partial charge in [-0.2, -0.15) is 13.2 Å². The highest BCUT2D eigenvalue weighted by atomic mass is 19.4. The Morgan fingerprint density at radius 3 is 2.56 bits per heavy atom. The average Bonchev–Trinajstić information content (AvgIpc) is 2.58. The van der Waals surface area contributed by atoms with E-state index in [2.05, 4.69) is 10.3 Å². The van der Waals surface area contributed by atoms with Crippen LogP contribution in [-0.2, 0) is 6.42 Å². The zero-order valence-electron chi connectivity index (χ0n) is 13.0. The van der Waals surface area contributed by atoms with Gasteiger partial charge in [0.25, 0.3) is 5.91 Å².